The Balaban J connectivity index is 1.28. The Labute approximate surface area is 179 Å². The first-order valence-corrected chi connectivity index (χ1v) is 11.9. The fraction of sp³-hybridized carbons (Fsp3) is 0.318. The molecule has 0 radical (unpaired) electrons. The molecule has 3 amide bonds. The minimum Gasteiger partial charge on any atom is -0.312 e. The van der Waals surface area contributed by atoms with Crippen LogP contribution in [-0.4, -0.2) is 49.9 Å². The molecule has 0 bridgehead atoms. The van der Waals surface area contributed by atoms with Gasteiger partial charge in [-0.1, -0.05) is 18.2 Å². The Bertz CT molecular complexity index is 1180. The molecule has 160 valence electrons. The summed E-state index contributed by atoms with van der Waals surface area (Å²) in [6.45, 7) is 0.375. The molecule has 0 spiro atoms. The van der Waals surface area contributed by atoms with Gasteiger partial charge in [0.15, 0.2) is 0 Å². The summed E-state index contributed by atoms with van der Waals surface area (Å²) in [5, 5.41) is 0. The largest absolute Gasteiger partial charge is 0.312 e. The molecule has 2 aromatic rings. The van der Waals surface area contributed by atoms with E-state index in [2.05, 4.69) is 4.72 Å². The first-order chi connectivity index (χ1) is 14.8. The van der Waals surface area contributed by atoms with Crippen LogP contribution in [-0.2, 0) is 21.2 Å². The number of carbonyl (C=O) groups excluding carboxylic acids is 3. The lowest BCUT2D eigenvalue weighted by molar-refractivity contribution is -0.119. The molecule has 1 saturated carbocycles. The third-order valence-corrected chi connectivity index (χ3v) is 7.18. The van der Waals surface area contributed by atoms with Crippen LogP contribution in [0.5, 0.6) is 0 Å². The van der Waals surface area contributed by atoms with E-state index in [1.54, 1.807) is 41.3 Å². The second kappa shape index (κ2) is 7.19. The van der Waals surface area contributed by atoms with Gasteiger partial charge in [0.1, 0.15) is 0 Å². The fourth-order valence-corrected chi connectivity index (χ4v) is 5.12. The monoisotopic (exact) mass is 439 g/mol. The Hall–Kier alpha value is -3.20. The molecule has 0 saturated heterocycles. The predicted octanol–water partition coefficient (Wildman–Crippen LogP) is 2.02. The number of carbonyl (C=O) groups is 3. The van der Waals surface area contributed by atoms with Crippen molar-refractivity contribution in [3.63, 3.8) is 0 Å². The SMILES string of the molecule is O=C1c2ccccc2C(=O)N1CCS(=O)(=O)Nc1ccc2c(c1)N(C(=O)C1CC1)CC2. The number of imide groups is 1. The standard InChI is InChI=1S/C22H21N3O5S/c26-20(15-5-6-15)24-10-9-14-7-8-16(13-19(14)24)23-31(29,30)12-11-25-21(27)17-3-1-2-4-18(17)22(25)28/h1-4,7-8,13,15,23H,5-6,9-12H2. The first kappa shape index (κ1) is 19.7. The van der Waals surface area contributed by atoms with Crippen molar-refractivity contribution in [3.8, 4) is 0 Å². The topological polar surface area (TPSA) is 104 Å². The molecule has 2 heterocycles. The average molecular weight is 439 g/mol. The third-order valence-electron chi connectivity index (χ3n) is 5.91. The highest BCUT2D eigenvalue weighted by molar-refractivity contribution is 7.92. The molecule has 1 aliphatic carbocycles. The highest BCUT2D eigenvalue weighted by atomic mass is 32.2. The summed E-state index contributed by atoms with van der Waals surface area (Å²) in [6, 6.07) is 11.6. The Morgan fingerprint density at radius 2 is 1.71 bits per heavy atom. The van der Waals surface area contributed by atoms with Crippen LogP contribution in [0.2, 0.25) is 0 Å². The summed E-state index contributed by atoms with van der Waals surface area (Å²) < 4.78 is 27.8. The molecule has 1 N–H and O–H groups in total. The molecule has 3 aliphatic rings. The van der Waals surface area contributed by atoms with E-state index in [0.717, 1.165) is 35.4 Å². The van der Waals surface area contributed by atoms with E-state index < -0.39 is 27.6 Å². The minimum atomic E-state index is -3.81. The van der Waals surface area contributed by atoms with Gasteiger partial charge in [0.05, 0.1) is 22.6 Å². The lowest BCUT2D eigenvalue weighted by Gasteiger charge is -2.18. The number of fused-ring (bicyclic) bond motifs is 2. The zero-order chi connectivity index (χ0) is 21.8. The van der Waals surface area contributed by atoms with Crippen LogP contribution in [0.4, 0.5) is 11.4 Å². The number of hydrogen-bond donors (Lipinski definition) is 1. The number of rotatable bonds is 6. The van der Waals surface area contributed by atoms with E-state index in [0.29, 0.717) is 12.2 Å². The molecular weight excluding hydrogens is 418 g/mol. The highest BCUT2D eigenvalue weighted by Gasteiger charge is 2.37. The molecule has 2 aliphatic heterocycles. The van der Waals surface area contributed by atoms with Crippen LogP contribution in [0.3, 0.4) is 0 Å². The zero-order valence-corrected chi connectivity index (χ0v) is 17.5. The van der Waals surface area contributed by atoms with E-state index in [9.17, 15) is 22.8 Å². The number of nitrogens with zero attached hydrogens (tertiary/aromatic N) is 2. The van der Waals surface area contributed by atoms with Crippen molar-refractivity contribution in [3.05, 3.63) is 59.2 Å². The van der Waals surface area contributed by atoms with Gasteiger partial charge in [0.2, 0.25) is 15.9 Å². The summed E-state index contributed by atoms with van der Waals surface area (Å²) >= 11 is 0. The van der Waals surface area contributed by atoms with Crippen molar-refractivity contribution < 1.29 is 22.8 Å². The maximum atomic E-state index is 12.6. The molecule has 9 heteroatoms. The molecule has 2 aromatic carbocycles. The van der Waals surface area contributed by atoms with Gasteiger partial charge in [-0.15, -0.1) is 0 Å². The van der Waals surface area contributed by atoms with Gasteiger partial charge in [0, 0.05) is 24.7 Å². The smallest absolute Gasteiger partial charge is 0.261 e. The summed E-state index contributed by atoms with van der Waals surface area (Å²) in [7, 11) is -3.81. The first-order valence-electron chi connectivity index (χ1n) is 10.2. The van der Waals surface area contributed by atoms with Crippen LogP contribution >= 0.6 is 0 Å². The van der Waals surface area contributed by atoms with Crippen molar-refractivity contribution >= 4 is 39.1 Å². The van der Waals surface area contributed by atoms with Crippen LogP contribution in [0.25, 0.3) is 0 Å². The Morgan fingerprint density at radius 3 is 2.35 bits per heavy atom. The number of hydrogen-bond acceptors (Lipinski definition) is 5. The summed E-state index contributed by atoms with van der Waals surface area (Å²) in [6.07, 6.45) is 2.57. The normalized spacial score (nSPS) is 17.7. The average Bonchev–Trinajstić information content (AvgIpc) is 3.47. The quantitative estimate of drug-likeness (QED) is 0.694. The fourth-order valence-electron chi connectivity index (χ4n) is 4.11. The van der Waals surface area contributed by atoms with Gasteiger partial charge in [-0.05, 0) is 49.1 Å². The maximum Gasteiger partial charge on any atom is 0.261 e. The lowest BCUT2D eigenvalue weighted by atomic mass is 10.1. The second-order valence-corrected chi connectivity index (χ2v) is 9.93. The summed E-state index contributed by atoms with van der Waals surface area (Å²) in [5.41, 5.74) is 2.70. The predicted molar refractivity (Wildman–Crippen MR) is 114 cm³/mol. The van der Waals surface area contributed by atoms with Gasteiger partial charge in [-0.3, -0.25) is 24.0 Å². The van der Waals surface area contributed by atoms with Crippen molar-refractivity contribution in [2.24, 2.45) is 5.92 Å². The molecule has 8 nitrogen and oxygen atoms in total. The van der Waals surface area contributed by atoms with E-state index >= 15 is 0 Å². The number of amides is 3. The molecule has 0 aromatic heterocycles. The van der Waals surface area contributed by atoms with E-state index in [-0.39, 0.29) is 29.5 Å². The van der Waals surface area contributed by atoms with Crippen LogP contribution in [0.1, 0.15) is 39.1 Å². The van der Waals surface area contributed by atoms with Crippen LogP contribution in [0, 0.1) is 5.92 Å². The minimum absolute atomic E-state index is 0.0888. The van der Waals surface area contributed by atoms with Crippen LogP contribution < -0.4 is 9.62 Å². The lowest BCUT2D eigenvalue weighted by Crippen LogP contribution is -2.35. The second-order valence-electron chi connectivity index (χ2n) is 8.09. The summed E-state index contributed by atoms with van der Waals surface area (Å²) in [4.78, 5) is 40.0. The van der Waals surface area contributed by atoms with Gasteiger partial charge in [-0.25, -0.2) is 8.42 Å². The van der Waals surface area contributed by atoms with Gasteiger partial charge < -0.3 is 4.90 Å². The number of anilines is 2. The van der Waals surface area contributed by atoms with Crippen LogP contribution in [0.15, 0.2) is 42.5 Å². The Kier molecular flexibility index (Phi) is 4.58. The maximum absolute atomic E-state index is 12.6. The van der Waals surface area contributed by atoms with E-state index in [4.69, 9.17) is 0 Å². The molecule has 0 unspecified atom stereocenters. The Morgan fingerprint density at radius 1 is 1.03 bits per heavy atom. The van der Waals surface area contributed by atoms with Crippen molar-refractivity contribution in [2.75, 3.05) is 28.5 Å². The highest BCUT2D eigenvalue weighted by Crippen LogP contribution is 2.37. The number of nitrogens with one attached hydrogen (secondary N) is 1. The number of sulfonamides is 1. The van der Waals surface area contributed by atoms with Crippen molar-refractivity contribution in [1.29, 1.82) is 0 Å². The third kappa shape index (κ3) is 3.59. The summed E-state index contributed by atoms with van der Waals surface area (Å²) in [5.74, 6) is -1.19. The molecule has 0 atom stereocenters. The molecular formula is C22H21N3O5S. The van der Waals surface area contributed by atoms with Gasteiger partial charge in [-0.2, -0.15) is 0 Å². The van der Waals surface area contributed by atoms with Gasteiger partial charge >= 0.3 is 0 Å². The van der Waals surface area contributed by atoms with Gasteiger partial charge in [0.25, 0.3) is 11.8 Å². The van der Waals surface area contributed by atoms with E-state index in [1.165, 1.54) is 0 Å². The molecule has 1 fully saturated rings. The van der Waals surface area contributed by atoms with Crippen molar-refractivity contribution in [2.45, 2.75) is 19.3 Å². The number of benzene rings is 2. The molecule has 31 heavy (non-hydrogen) atoms. The zero-order valence-electron chi connectivity index (χ0n) is 16.7. The van der Waals surface area contributed by atoms with Crippen molar-refractivity contribution in [1.82, 2.24) is 4.90 Å². The van der Waals surface area contributed by atoms with E-state index in [1.807, 2.05) is 6.07 Å². The molecule has 5 rings (SSSR count).